The van der Waals surface area contributed by atoms with Crippen molar-refractivity contribution in [3.63, 3.8) is 0 Å². The molecule has 0 radical (unpaired) electrons. The molecule has 6 nitrogen and oxygen atoms in total. The lowest BCUT2D eigenvalue weighted by Gasteiger charge is -2.40. The highest BCUT2D eigenvalue weighted by atomic mass is 16.5. The molecule has 0 spiro atoms. The van der Waals surface area contributed by atoms with Crippen LogP contribution in [-0.2, 0) is 14.3 Å². The van der Waals surface area contributed by atoms with E-state index in [9.17, 15) is 9.59 Å². The van der Waals surface area contributed by atoms with E-state index in [0.29, 0.717) is 26.1 Å². The molecule has 2 fully saturated rings. The zero-order valence-electron chi connectivity index (χ0n) is 18.0. The number of hydrogen-bond donors (Lipinski definition) is 0. The maximum atomic E-state index is 13.3. The molecule has 29 heavy (non-hydrogen) atoms. The molecular weight excluding hydrogens is 366 g/mol. The normalized spacial score (nSPS) is 24.3. The van der Waals surface area contributed by atoms with Crippen molar-refractivity contribution in [2.45, 2.75) is 32.4 Å². The van der Waals surface area contributed by atoms with Gasteiger partial charge in [-0.05, 0) is 25.8 Å². The number of carbonyl (C=O) groups is 2. The third kappa shape index (κ3) is 4.87. The van der Waals surface area contributed by atoms with E-state index in [1.54, 1.807) is 12.0 Å². The van der Waals surface area contributed by atoms with Crippen molar-refractivity contribution in [3.05, 3.63) is 47.5 Å². The monoisotopic (exact) mass is 399 g/mol. The maximum Gasteiger partial charge on any atom is 0.237 e. The number of rotatable bonds is 7. The van der Waals surface area contributed by atoms with Gasteiger partial charge in [0.15, 0.2) is 0 Å². The van der Waals surface area contributed by atoms with Gasteiger partial charge in [-0.25, -0.2) is 0 Å². The second-order valence-corrected chi connectivity index (χ2v) is 8.38. The summed E-state index contributed by atoms with van der Waals surface area (Å²) in [6.07, 6.45) is 2.86. The Morgan fingerprint density at radius 1 is 1.28 bits per heavy atom. The van der Waals surface area contributed by atoms with E-state index in [4.69, 9.17) is 4.74 Å². The Morgan fingerprint density at radius 3 is 2.66 bits per heavy atom. The average Bonchev–Trinajstić information content (AvgIpc) is 3.10. The summed E-state index contributed by atoms with van der Waals surface area (Å²) in [5.74, 6) is -0.0161. The molecule has 3 rings (SSSR count). The zero-order valence-corrected chi connectivity index (χ0v) is 18.0. The highest BCUT2D eigenvalue weighted by Gasteiger charge is 2.50. The summed E-state index contributed by atoms with van der Waals surface area (Å²) >= 11 is 0. The molecule has 0 saturated carbocycles. The van der Waals surface area contributed by atoms with Crippen LogP contribution in [-0.4, -0.2) is 79.5 Å². The summed E-state index contributed by atoms with van der Waals surface area (Å²) in [6, 6.07) is 9.87. The molecule has 0 bridgehead atoms. The van der Waals surface area contributed by atoms with Crippen LogP contribution in [0.5, 0.6) is 0 Å². The molecule has 2 heterocycles. The number of fused-ring (bicyclic) bond motifs is 1. The van der Waals surface area contributed by atoms with Crippen LogP contribution in [0.3, 0.4) is 0 Å². The lowest BCUT2D eigenvalue weighted by atomic mass is 9.92. The Kier molecular flexibility index (Phi) is 7.09. The summed E-state index contributed by atoms with van der Waals surface area (Å²) in [5, 5.41) is 0. The predicted octanol–water partition coefficient (Wildman–Crippen LogP) is 2.33. The first-order valence-electron chi connectivity index (χ1n) is 10.4. The van der Waals surface area contributed by atoms with Gasteiger partial charge in [0.05, 0.1) is 25.1 Å². The lowest BCUT2D eigenvalue weighted by Crippen LogP contribution is -2.54. The highest BCUT2D eigenvalue weighted by Crippen LogP contribution is 2.43. The maximum absolute atomic E-state index is 13.3. The van der Waals surface area contributed by atoms with Gasteiger partial charge < -0.3 is 14.5 Å². The highest BCUT2D eigenvalue weighted by molar-refractivity contribution is 5.85. The van der Waals surface area contributed by atoms with Crippen LogP contribution in [0.15, 0.2) is 42.0 Å². The van der Waals surface area contributed by atoms with Gasteiger partial charge in [0.25, 0.3) is 0 Å². The smallest absolute Gasteiger partial charge is 0.237 e. The number of benzene rings is 1. The third-order valence-electron chi connectivity index (χ3n) is 5.94. The molecule has 158 valence electrons. The van der Waals surface area contributed by atoms with Crippen molar-refractivity contribution in [1.82, 2.24) is 14.7 Å². The number of piperazine rings is 1. The van der Waals surface area contributed by atoms with Crippen LogP contribution in [0.2, 0.25) is 0 Å². The second kappa shape index (κ2) is 9.55. The molecule has 2 saturated heterocycles. The summed E-state index contributed by atoms with van der Waals surface area (Å²) in [4.78, 5) is 32.4. The first kappa shape index (κ1) is 21.5. The van der Waals surface area contributed by atoms with E-state index in [2.05, 4.69) is 24.8 Å². The molecule has 3 atom stereocenters. The Bertz CT molecular complexity index is 745. The second-order valence-electron chi connectivity index (χ2n) is 8.38. The summed E-state index contributed by atoms with van der Waals surface area (Å²) in [6.45, 7) is 7.20. The van der Waals surface area contributed by atoms with Crippen LogP contribution in [0.4, 0.5) is 0 Å². The van der Waals surface area contributed by atoms with Crippen LogP contribution < -0.4 is 0 Å². The van der Waals surface area contributed by atoms with E-state index < -0.39 is 0 Å². The molecule has 0 N–H and O–H groups in total. The molecule has 2 aliphatic heterocycles. The minimum atomic E-state index is -0.225. The van der Waals surface area contributed by atoms with Crippen LogP contribution in [0.25, 0.3) is 0 Å². The lowest BCUT2D eigenvalue weighted by molar-refractivity contribution is -0.141. The molecule has 0 aliphatic carbocycles. The minimum absolute atomic E-state index is 0.0665. The zero-order chi connectivity index (χ0) is 21.0. The molecule has 1 aromatic carbocycles. The first-order chi connectivity index (χ1) is 13.9. The van der Waals surface area contributed by atoms with Crippen LogP contribution in [0.1, 0.15) is 31.9 Å². The Labute approximate surface area is 174 Å². The van der Waals surface area contributed by atoms with Gasteiger partial charge in [-0.15, -0.1) is 0 Å². The van der Waals surface area contributed by atoms with Gasteiger partial charge in [-0.3, -0.25) is 14.5 Å². The van der Waals surface area contributed by atoms with Crippen LogP contribution >= 0.6 is 0 Å². The molecule has 2 amide bonds. The van der Waals surface area contributed by atoms with E-state index in [1.807, 2.05) is 42.3 Å². The molecular formula is C23H33N3O3. The van der Waals surface area contributed by atoms with Crippen LogP contribution in [0, 0.1) is 5.92 Å². The number of methoxy groups -OCH3 is 1. The molecule has 0 aromatic heterocycles. The average molecular weight is 400 g/mol. The van der Waals surface area contributed by atoms with Crippen molar-refractivity contribution >= 4 is 11.8 Å². The molecule has 2 unspecified atom stereocenters. The molecule has 6 heteroatoms. The van der Waals surface area contributed by atoms with Gasteiger partial charge in [-0.2, -0.15) is 0 Å². The largest absolute Gasteiger partial charge is 0.383 e. The topological polar surface area (TPSA) is 53.1 Å². The fourth-order valence-electron chi connectivity index (χ4n) is 4.46. The van der Waals surface area contributed by atoms with Crippen molar-refractivity contribution in [2.24, 2.45) is 5.92 Å². The van der Waals surface area contributed by atoms with Crippen molar-refractivity contribution < 1.29 is 14.3 Å². The van der Waals surface area contributed by atoms with Crippen molar-refractivity contribution in [3.8, 4) is 0 Å². The van der Waals surface area contributed by atoms with Gasteiger partial charge in [-0.1, -0.05) is 42.0 Å². The van der Waals surface area contributed by atoms with Gasteiger partial charge in [0.1, 0.15) is 0 Å². The number of nitrogens with zero attached hydrogens (tertiary/aromatic N) is 3. The summed E-state index contributed by atoms with van der Waals surface area (Å²) in [5.41, 5.74) is 2.29. The Hall–Kier alpha value is -2.18. The first-order valence-corrected chi connectivity index (χ1v) is 10.4. The number of allylic oxidation sites excluding steroid dienone is 1. The number of hydrogen-bond acceptors (Lipinski definition) is 4. The van der Waals surface area contributed by atoms with Crippen molar-refractivity contribution in [2.75, 3.05) is 46.9 Å². The number of ether oxygens (including phenoxy) is 1. The van der Waals surface area contributed by atoms with Gasteiger partial charge >= 0.3 is 0 Å². The quantitative estimate of drug-likeness (QED) is 0.661. The van der Waals surface area contributed by atoms with E-state index in [-0.39, 0.29) is 29.8 Å². The Balaban J connectivity index is 1.85. The number of amides is 2. The fraction of sp³-hybridized carbons (Fsp3) is 0.565. The number of carbonyl (C=O) groups excluding carboxylic acids is 2. The predicted molar refractivity (Wildman–Crippen MR) is 113 cm³/mol. The van der Waals surface area contributed by atoms with Gasteiger partial charge in [0, 0.05) is 39.8 Å². The molecule has 1 aromatic rings. The van der Waals surface area contributed by atoms with Gasteiger partial charge in [0.2, 0.25) is 11.8 Å². The fourth-order valence-corrected chi connectivity index (χ4v) is 4.46. The van der Waals surface area contributed by atoms with E-state index >= 15 is 0 Å². The standard InChI is InChI=1S/C23H33N3O3/c1-17(2)10-11-25-15-19-14-20(23(28)24(3)12-13-29-4)22(26(19)21(27)16-25)18-8-6-5-7-9-18/h5-10,19-20,22H,11-16H2,1-4H3/t19-,20?,22?/m0/s1. The Morgan fingerprint density at radius 2 is 2.00 bits per heavy atom. The summed E-state index contributed by atoms with van der Waals surface area (Å²) in [7, 11) is 3.46. The molecule has 2 aliphatic rings. The minimum Gasteiger partial charge on any atom is -0.383 e. The van der Waals surface area contributed by atoms with E-state index in [0.717, 1.165) is 18.7 Å². The van der Waals surface area contributed by atoms with E-state index in [1.165, 1.54) is 5.57 Å². The summed E-state index contributed by atoms with van der Waals surface area (Å²) < 4.78 is 5.14. The SMILES string of the molecule is COCCN(C)C(=O)C1C[C@H]2CN(CC=C(C)C)CC(=O)N2C1c1ccccc1. The van der Waals surface area contributed by atoms with Crippen molar-refractivity contribution in [1.29, 1.82) is 0 Å². The number of likely N-dealkylation sites (N-methyl/N-ethyl adjacent to an activating group) is 1. The third-order valence-corrected chi connectivity index (χ3v) is 5.94.